The number of urea groups is 1. The summed E-state index contributed by atoms with van der Waals surface area (Å²) in [6.07, 6.45) is 7.21. The molecule has 0 unspecified atom stereocenters. The van der Waals surface area contributed by atoms with Crippen molar-refractivity contribution >= 4 is 49.9 Å². The number of halogens is 1. The van der Waals surface area contributed by atoms with E-state index in [0.29, 0.717) is 13.1 Å². The van der Waals surface area contributed by atoms with Crippen LogP contribution in [0.1, 0.15) is 0 Å². The highest BCUT2D eigenvalue weighted by Gasteiger charge is 2.22. The second-order valence-corrected chi connectivity index (χ2v) is 9.04. The van der Waals surface area contributed by atoms with E-state index < -0.39 is 0 Å². The summed E-state index contributed by atoms with van der Waals surface area (Å²) in [4.78, 5) is 32.0. The highest BCUT2D eigenvalue weighted by molar-refractivity contribution is 9.10. The Labute approximate surface area is 187 Å². The summed E-state index contributed by atoms with van der Waals surface area (Å²) in [7, 11) is 3.57. The Morgan fingerprint density at radius 2 is 1.93 bits per heavy atom. The Balaban J connectivity index is 1.42. The number of nitrogens with one attached hydrogen (secondary N) is 1. The molecule has 0 aromatic carbocycles. The normalized spacial score (nSPS) is 14.0. The Bertz CT molecular complexity index is 1030. The summed E-state index contributed by atoms with van der Waals surface area (Å²) >= 11 is 5.00. The second kappa shape index (κ2) is 8.97. The molecule has 0 atom stereocenters. The van der Waals surface area contributed by atoms with Gasteiger partial charge in [-0.15, -0.1) is 0 Å². The third kappa shape index (κ3) is 4.71. The Morgan fingerprint density at radius 3 is 2.67 bits per heavy atom. The number of thiazole rings is 1. The smallest absolute Gasteiger partial charge is 0.319 e. The van der Waals surface area contributed by atoms with Crippen LogP contribution >= 0.6 is 27.3 Å². The first-order chi connectivity index (χ1) is 14.5. The zero-order valence-corrected chi connectivity index (χ0v) is 19.2. The molecule has 1 aliphatic rings. The van der Waals surface area contributed by atoms with E-state index in [4.69, 9.17) is 0 Å². The van der Waals surface area contributed by atoms with Gasteiger partial charge in [0.25, 0.3) is 0 Å². The van der Waals surface area contributed by atoms with Crippen LogP contribution < -0.4 is 10.2 Å². The number of aromatic nitrogens is 3. The fraction of sp³-hybridized carbons (Fsp3) is 0.300. The van der Waals surface area contributed by atoms with Crippen molar-refractivity contribution in [3.63, 3.8) is 0 Å². The third-order valence-electron chi connectivity index (χ3n) is 4.77. The van der Waals surface area contributed by atoms with E-state index in [9.17, 15) is 4.79 Å². The molecule has 0 aliphatic carbocycles. The van der Waals surface area contributed by atoms with Crippen LogP contribution in [-0.4, -0.2) is 71.1 Å². The number of nitrogens with zero attached hydrogens (tertiary/aromatic N) is 6. The first-order valence-electron chi connectivity index (χ1n) is 9.50. The van der Waals surface area contributed by atoms with Gasteiger partial charge in [-0.05, 0) is 28.1 Å². The van der Waals surface area contributed by atoms with Crippen molar-refractivity contribution in [3.05, 3.63) is 47.5 Å². The molecule has 1 N–H and O–H groups in total. The molecule has 0 spiro atoms. The maximum Gasteiger partial charge on any atom is 0.319 e. The van der Waals surface area contributed by atoms with Crippen molar-refractivity contribution in [2.24, 2.45) is 0 Å². The highest BCUT2D eigenvalue weighted by Crippen LogP contribution is 2.31. The molecule has 2 amide bonds. The van der Waals surface area contributed by atoms with Gasteiger partial charge < -0.3 is 20.0 Å². The van der Waals surface area contributed by atoms with Crippen molar-refractivity contribution in [3.8, 4) is 10.4 Å². The Morgan fingerprint density at radius 1 is 1.13 bits per heavy atom. The van der Waals surface area contributed by atoms with E-state index in [2.05, 4.69) is 41.1 Å². The van der Waals surface area contributed by atoms with Gasteiger partial charge in [0.2, 0.25) is 0 Å². The average molecular weight is 488 g/mol. The first kappa shape index (κ1) is 20.5. The largest absolute Gasteiger partial charge is 0.368 e. The topological polar surface area (TPSA) is 77.5 Å². The minimum atomic E-state index is 0.0620. The van der Waals surface area contributed by atoms with E-state index in [0.717, 1.165) is 44.6 Å². The van der Waals surface area contributed by atoms with E-state index in [1.54, 1.807) is 42.7 Å². The number of hydrogen-bond acceptors (Lipinski definition) is 7. The van der Waals surface area contributed by atoms with Crippen LogP contribution in [0.15, 0.2) is 47.5 Å². The molecule has 1 aliphatic heterocycles. The summed E-state index contributed by atoms with van der Waals surface area (Å²) in [6, 6.07) is 6.09. The molecule has 1 fully saturated rings. The van der Waals surface area contributed by atoms with Crippen molar-refractivity contribution < 1.29 is 4.79 Å². The average Bonchev–Trinajstić information content (AvgIpc) is 3.22. The summed E-state index contributed by atoms with van der Waals surface area (Å²) < 4.78 is 0.935. The quantitative estimate of drug-likeness (QED) is 0.600. The van der Waals surface area contributed by atoms with E-state index in [1.807, 2.05) is 35.5 Å². The zero-order chi connectivity index (χ0) is 21.1. The van der Waals surface area contributed by atoms with Crippen LogP contribution in [0.5, 0.6) is 0 Å². The molecular formula is C20H22BrN7OS. The number of anilines is 3. The summed E-state index contributed by atoms with van der Waals surface area (Å²) in [6.45, 7) is 3.00. The van der Waals surface area contributed by atoms with Gasteiger partial charge >= 0.3 is 6.03 Å². The number of amides is 2. The minimum absolute atomic E-state index is 0.0620. The fourth-order valence-corrected chi connectivity index (χ4v) is 4.41. The molecule has 0 radical (unpaired) electrons. The maximum atomic E-state index is 12.1. The van der Waals surface area contributed by atoms with E-state index >= 15 is 0 Å². The van der Waals surface area contributed by atoms with E-state index in [-0.39, 0.29) is 6.03 Å². The SMILES string of the molecule is CN(C)C(=O)N1CCN(c2ccnc(Nc3ncc(-c4cncc(Br)c4)s3)c2)CC1. The van der Waals surface area contributed by atoms with Crippen LogP contribution in [0.2, 0.25) is 0 Å². The lowest BCUT2D eigenvalue weighted by Gasteiger charge is -2.37. The first-order valence-corrected chi connectivity index (χ1v) is 11.1. The third-order valence-corrected chi connectivity index (χ3v) is 6.17. The summed E-state index contributed by atoms with van der Waals surface area (Å²) in [5, 5.41) is 4.07. The molecule has 3 aromatic rings. The van der Waals surface area contributed by atoms with Crippen LogP contribution in [0.3, 0.4) is 0 Å². The van der Waals surface area contributed by atoms with Gasteiger partial charge in [0.1, 0.15) is 5.82 Å². The molecule has 156 valence electrons. The molecule has 8 nitrogen and oxygen atoms in total. The lowest BCUT2D eigenvalue weighted by Crippen LogP contribution is -2.51. The summed E-state index contributed by atoms with van der Waals surface area (Å²) in [5.74, 6) is 0.743. The highest BCUT2D eigenvalue weighted by atomic mass is 79.9. The molecule has 30 heavy (non-hydrogen) atoms. The number of carbonyl (C=O) groups excluding carboxylic acids is 1. The van der Waals surface area contributed by atoms with Gasteiger partial charge in [-0.2, -0.15) is 0 Å². The molecule has 1 saturated heterocycles. The molecule has 4 rings (SSSR count). The predicted octanol–water partition coefficient (Wildman–Crippen LogP) is 3.91. The van der Waals surface area contributed by atoms with Crippen molar-refractivity contribution in [2.45, 2.75) is 0 Å². The number of rotatable bonds is 4. The molecule has 3 aromatic heterocycles. The molecule has 0 bridgehead atoms. The van der Waals surface area contributed by atoms with Crippen molar-refractivity contribution in [1.82, 2.24) is 24.8 Å². The maximum absolute atomic E-state index is 12.1. The Kier molecular flexibility index (Phi) is 6.14. The van der Waals surface area contributed by atoms with Crippen LogP contribution in [0.25, 0.3) is 10.4 Å². The second-order valence-electron chi connectivity index (χ2n) is 7.10. The van der Waals surface area contributed by atoms with Crippen molar-refractivity contribution in [1.29, 1.82) is 0 Å². The van der Waals surface area contributed by atoms with Gasteiger partial charge in [-0.25, -0.2) is 14.8 Å². The summed E-state index contributed by atoms with van der Waals surface area (Å²) in [5.41, 5.74) is 2.10. The monoisotopic (exact) mass is 487 g/mol. The van der Waals surface area contributed by atoms with Crippen LogP contribution in [-0.2, 0) is 0 Å². The number of carbonyl (C=O) groups is 1. The van der Waals surface area contributed by atoms with Crippen LogP contribution in [0.4, 0.5) is 21.4 Å². The van der Waals surface area contributed by atoms with Crippen molar-refractivity contribution in [2.75, 3.05) is 50.5 Å². The molecule has 4 heterocycles. The number of hydrogen-bond donors (Lipinski definition) is 1. The minimum Gasteiger partial charge on any atom is -0.368 e. The molecule has 10 heteroatoms. The molecule has 0 saturated carbocycles. The standard InChI is InChI=1S/C20H22BrN7OS/c1-26(2)20(29)28-7-5-27(6-8-28)16-3-4-23-18(10-16)25-19-24-13-17(30-19)14-9-15(21)12-22-11-14/h3-4,9-13H,5-8H2,1-2H3,(H,23,24,25). The number of piperazine rings is 1. The van der Waals surface area contributed by atoms with Gasteiger partial charge in [0, 0.05) is 86.9 Å². The molecular weight excluding hydrogens is 466 g/mol. The zero-order valence-electron chi connectivity index (χ0n) is 16.7. The fourth-order valence-electron chi connectivity index (χ4n) is 3.24. The van der Waals surface area contributed by atoms with Gasteiger partial charge in [0.15, 0.2) is 5.13 Å². The lowest BCUT2D eigenvalue weighted by molar-refractivity contribution is 0.168. The Hall–Kier alpha value is -2.72. The van der Waals surface area contributed by atoms with E-state index in [1.165, 1.54) is 0 Å². The predicted molar refractivity (Wildman–Crippen MR) is 123 cm³/mol. The van der Waals surface area contributed by atoms with Gasteiger partial charge in [0.05, 0.1) is 4.88 Å². The van der Waals surface area contributed by atoms with Crippen LogP contribution in [0, 0.1) is 0 Å². The number of pyridine rings is 2. The van der Waals surface area contributed by atoms with Gasteiger partial charge in [-0.3, -0.25) is 4.98 Å². The van der Waals surface area contributed by atoms with Gasteiger partial charge in [-0.1, -0.05) is 11.3 Å². The lowest BCUT2D eigenvalue weighted by atomic mass is 10.2.